The third-order valence-electron chi connectivity index (χ3n) is 2.74. The number of furan rings is 1. The number of carbonyl (C=O) groups is 1. The number of rotatable bonds is 4. The van der Waals surface area contributed by atoms with Crippen molar-refractivity contribution in [1.82, 2.24) is 0 Å². The average Bonchev–Trinajstić information content (AvgIpc) is 2.85. The van der Waals surface area contributed by atoms with E-state index in [2.05, 4.69) is 0 Å². The van der Waals surface area contributed by atoms with E-state index in [0.29, 0.717) is 17.1 Å². The highest BCUT2D eigenvalue weighted by atomic mass is 16.6. The van der Waals surface area contributed by atoms with E-state index in [1.165, 1.54) is 18.2 Å². The van der Waals surface area contributed by atoms with Gasteiger partial charge in [-0.15, -0.1) is 0 Å². The van der Waals surface area contributed by atoms with Gasteiger partial charge >= 0.3 is 5.97 Å². The number of hydrogen-bond acceptors (Lipinski definition) is 4. The molecule has 6 heteroatoms. The minimum atomic E-state index is -1.02. The molecule has 0 aliphatic rings. The number of carboxylic acids is 1. The molecule has 2 aromatic rings. The van der Waals surface area contributed by atoms with Gasteiger partial charge in [0.2, 0.25) is 6.20 Å². The summed E-state index contributed by atoms with van der Waals surface area (Å²) >= 11 is 0. The molecule has 0 saturated heterocycles. The van der Waals surface area contributed by atoms with E-state index >= 15 is 0 Å². The van der Waals surface area contributed by atoms with Crippen LogP contribution in [0.3, 0.4) is 0 Å². The Morgan fingerprint density at radius 1 is 1.35 bits per heavy atom. The highest BCUT2D eigenvalue weighted by Crippen LogP contribution is 2.27. The number of hydrogen-bond donors (Lipinski definition) is 1. The van der Waals surface area contributed by atoms with Crippen molar-refractivity contribution in [2.75, 3.05) is 0 Å². The molecule has 0 saturated carbocycles. The van der Waals surface area contributed by atoms with E-state index in [0.717, 1.165) is 11.8 Å². The number of carboxylic acid groups (broad SMARTS) is 1. The molecule has 0 spiro atoms. The largest absolute Gasteiger partial charge is 0.478 e. The quantitative estimate of drug-likeness (QED) is 0.681. The molecule has 0 bridgehead atoms. The number of aryl methyl sites for hydroxylation is 1. The van der Waals surface area contributed by atoms with Gasteiger partial charge in [-0.3, -0.25) is 10.1 Å². The third kappa shape index (κ3) is 2.92. The van der Waals surface area contributed by atoms with Crippen LogP contribution in [0.2, 0.25) is 0 Å². The SMILES string of the molecule is Cc1ccc(C(=O)O)cc1-c1ccc(/C=C\[N+](=O)[O-])o1. The summed E-state index contributed by atoms with van der Waals surface area (Å²) in [6.07, 6.45) is 2.02. The summed E-state index contributed by atoms with van der Waals surface area (Å²) in [5, 5.41) is 19.2. The fourth-order valence-electron chi connectivity index (χ4n) is 1.74. The smallest absolute Gasteiger partial charge is 0.335 e. The Morgan fingerprint density at radius 3 is 2.75 bits per heavy atom. The molecule has 1 N–H and O–H groups in total. The molecule has 0 fully saturated rings. The molecule has 0 atom stereocenters. The molecule has 0 amide bonds. The Balaban J connectivity index is 2.39. The first kappa shape index (κ1) is 13.5. The highest BCUT2D eigenvalue weighted by molar-refractivity contribution is 5.89. The van der Waals surface area contributed by atoms with E-state index < -0.39 is 10.9 Å². The number of benzene rings is 1. The summed E-state index contributed by atoms with van der Waals surface area (Å²) in [7, 11) is 0. The van der Waals surface area contributed by atoms with Gasteiger partial charge in [-0.2, -0.15) is 0 Å². The average molecular weight is 273 g/mol. The Hall–Kier alpha value is -2.89. The molecule has 1 heterocycles. The molecular weight excluding hydrogens is 262 g/mol. The van der Waals surface area contributed by atoms with E-state index in [1.807, 2.05) is 6.92 Å². The van der Waals surface area contributed by atoms with Gasteiger partial charge in [0.1, 0.15) is 11.5 Å². The van der Waals surface area contributed by atoms with Crippen molar-refractivity contribution in [3.05, 3.63) is 63.5 Å². The lowest BCUT2D eigenvalue weighted by Gasteiger charge is -2.04. The Kier molecular flexibility index (Phi) is 3.65. The van der Waals surface area contributed by atoms with E-state index in [9.17, 15) is 14.9 Å². The molecule has 1 aromatic carbocycles. The van der Waals surface area contributed by atoms with Gasteiger partial charge in [0.15, 0.2) is 0 Å². The van der Waals surface area contributed by atoms with Crippen LogP contribution < -0.4 is 0 Å². The maximum atomic E-state index is 11.0. The molecule has 0 unspecified atom stereocenters. The van der Waals surface area contributed by atoms with E-state index in [1.54, 1.807) is 18.2 Å². The zero-order chi connectivity index (χ0) is 14.7. The Labute approximate surface area is 114 Å². The maximum Gasteiger partial charge on any atom is 0.335 e. The highest BCUT2D eigenvalue weighted by Gasteiger charge is 2.11. The van der Waals surface area contributed by atoms with Crippen LogP contribution in [0.25, 0.3) is 17.4 Å². The lowest BCUT2D eigenvalue weighted by molar-refractivity contribution is -0.401. The van der Waals surface area contributed by atoms with Crippen molar-refractivity contribution >= 4 is 12.0 Å². The standard InChI is InChI=1S/C14H11NO5/c1-9-2-3-10(14(16)17)8-12(9)13-5-4-11(20-13)6-7-15(18)19/h2-8H,1H3,(H,16,17)/b7-6-. The van der Waals surface area contributed by atoms with Crippen LogP contribution in [0, 0.1) is 17.0 Å². The second kappa shape index (κ2) is 5.40. The van der Waals surface area contributed by atoms with Crippen molar-refractivity contribution in [2.24, 2.45) is 0 Å². The molecule has 0 radical (unpaired) electrons. The molecule has 1 aromatic heterocycles. The molecule has 102 valence electrons. The molecule has 20 heavy (non-hydrogen) atoms. The van der Waals surface area contributed by atoms with Crippen LogP contribution in [-0.4, -0.2) is 16.0 Å². The van der Waals surface area contributed by atoms with Crippen molar-refractivity contribution in [1.29, 1.82) is 0 Å². The van der Waals surface area contributed by atoms with Crippen molar-refractivity contribution in [3.8, 4) is 11.3 Å². The molecular formula is C14H11NO5. The first-order valence-corrected chi connectivity index (χ1v) is 5.73. The van der Waals surface area contributed by atoms with Crippen molar-refractivity contribution in [3.63, 3.8) is 0 Å². The van der Waals surface area contributed by atoms with Gasteiger partial charge in [-0.1, -0.05) is 6.07 Å². The first-order chi connectivity index (χ1) is 9.47. The summed E-state index contributed by atoms with van der Waals surface area (Å²) in [6.45, 7) is 1.83. The van der Waals surface area contributed by atoms with Crippen LogP contribution in [-0.2, 0) is 0 Å². The van der Waals surface area contributed by atoms with E-state index in [-0.39, 0.29) is 5.56 Å². The topological polar surface area (TPSA) is 93.6 Å². The number of nitrogens with zero attached hydrogens (tertiary/aromatic N) is 1. The van der Waals surface area contributed by atoms with E-state index in [4.69, 9.17) is 9.52 Å². The van der Waals surface area contributed by atoms with Gasteiger partial charge in [-0.05, 0) is 36.8 Å². The predicted molar refractivity (Wildman–Crippen MR) is 71.9 cm³/mol. The monoisotopic (exact) mass is 273 g/mol. The van der Waals surface area contributed by atoms with Crippen LogP contribution in [0.1, 0.15) is 21.7 Å². The molecule has 0 aliphatic carbocycles. The lowest BCUT2D eigenvalue weighted by Crippen LogP contribution is -1.96. The molecule has 6 nitrogen and oxygen atoms in total. The van der Waals surface area contributed by atoms with Gasteiger partial charge in [0, 0.05) is 5.56 Å². The number of nitro groups is 1. The first-order valence-electron chi connectivity index (χ1n) is 5.73. The van der Waals surface area contributed by atoms with Gasteiger partial charge in [0.05, 0.1) is 16.6 Å². The fourth-order valence-corrected chi connectivity index (χ4v) is 1.74. The third-order valence-corrected chi connectivity index (χ3v) is 2.74. The zero-order valence-electron chi connectivity index (χ0n) is 10.6. The lowest BCUT2D eigenvalue weighted by atomic mass is 10.0. The fraction of sp³-hybridized carbons (Fsp3) is 0.0714. The predicted octanol–water partition coefficient (Wildman–Crippen LogP) is 3.20. The summed E-state index contributed by atoms with van der Waals surface area (Å²) in [6, 6.07) is 7.94. The summed E-state index contributed by atoms with van der Waals surface area (Å²) < 4.78 is 5.45. The summed E-state index contributed by atoms with van der Waals surface area (Å²) in [5.74, 6) is -0.225. The van der Waals surface area contributed by atoms with Crippen molar-refractivity contribution < 1.29 is 19.2 Å². The normalized spacial score (nSPS) is 10.8. The molecule has 2 rings (SSSR count). The van der Waals surface area contributed by atoms with Gasteiger partial charge in [0.25, 0.3) is 0 Å². The van der Waals surface area contributed by atoms with Crippen LogP contribution in [0.15, 0.2) is 40.9 Å². The second-order valence-corrected chi connectivity index (χ2v) is 4.14. The second-order valence-electron chi connectivity index (χ2n) is 4.14. The van der Waals surface area contributed by atoms with Crippen LogP contribution in [0.4, 0.5) is 0 Å². The van der Waals surface area contributed by atoms with Gasteiger partial charge < -0.3 is 9.52 Å². The van der Waals surface area contributed by atoms with Crippen LogP contribution in [0.5, 0.6) is 0 Å². The Morgan fingerprint density at radius 2 is 2.10 bits per heavy atom. The summed E-state index contributed by atoms with van der Waals surface area (Å²) in [5.41, 5.74) is 1.66. The van der Waals surface area contributed by atoms with Gasteiger partial charge in [-0.25, -0.2) is 4.79 Å². The minimum absolute atomic E-state index is 0.157. The van der Waals surface area contributed by atoms with Crippen LogP contribution >= 0.6 is 0 Å². The van der Waals surface area contributed by atoms with Crippen molar-refractivity contribution in [2.45, 2.75) is 6.92 Å². The maximum absolute atomic E-state index is 11.0. The zero-order valence-corrected chi connectivity index (χ0v) is 10.6. The Bertz CT molecular complexity index is 699. The summed E-state index contributed by atoms with van der Waals surface area (Å²) in [4.78, 5) is 20.6. The molecule has 0 aliphatic heterocycles. The minimum Gasteiger partial charge on any atom is -0.478 e. The number of aromatic carboxylic acids is 1.